The Balaban J connectivity index is 2.12. The zero-order chi connectivity index (χ0) is 16.8. The fourth-order valence-electron chi connectivity index (χ4n) is 1.92. The number of methoxy groups -OCH3 is 1. The number of carbonyl (C=O) groups excluding carboxylic acids is 1. The summed E-state index contributed by atoms with van der Waals surface area (Å²) in [5.74, 6) is -3.18. The van der Waals surface area contributed by atoms with Crippen LogP contribution < -0.4 is 15.4 Å². The van der Waals surface area contributed by atoms with E-state index < -0.39 is 23.3 Å². The van der Waals surface area contributed by atoms with Gasteiger partial charge in [-0.1, -0.05) is 6.08 Å². The van der Waals surface area contributed by atoms with Gasteiger partial charge in [-0.3, -0.25) is 4.79 Å². The van der Waals surface area contributed by atoms with Crippen molar-refractivity contribution in [3.8, 4) is 5.75 Å². The maximum Gasteiger partial charge on any atom is 0.251 e. The summed E-state index contributed by atoms with van der Waals surface area (Å²) in [5, 5.41) is 8.67. The summed E-state index contributed by atoms with van der Waals surface area (Å²) in [4.78, 5) is 12.0. The Morgan fingerprint density at radius 2 is 2.04 bits per heavy atom. The van der Waals surface area contributed by atoms with Crippen LogP contribution in [0.25, 0.3) is 0 Å². The van der Waals surface area contributed by atoms with E-state index >= 15 is 0 Å². The van der Waals surface area contributed by atoms with Gasteiger partial charge in [-0.2, -0.15) is 5.11 Å². The van der Waals surface area contributed by atoms with Gasteiger partial charge in [0.25, 0.3) is 5.91 Å². The van der Waals surface area contributed by atoms with Crippen LogP contribution in [0.15, 0.2) is 53.1 Å². The molecule has 0 aromatic heterocycles. The monoisotopic (exact) mass is 320 g/mol. The molecule has 120 valence electrons. The quantitative estimate of drug-likeness (QED) is 0.729. The van der Waals surface area contributed by atoms with Crippen LogP contribution in [0.4, 0.5) is 8.78 Å². The fraction of sp³-hybridized carbons (Fsp3) is 0.133. The molecule has 0 spiro atoms. The first kappa shape index (κ1) is 16.3. The molecule has 0 bridgehead atoms. The molecule has 0 fully saturated rings. The number of ether oxygens (including phenoxy) is 1. The number of carbonyl (C=O) groups is 1. The first-order chi connectivity index (χ1) is 11.1. The molecule has 1 aliphatic heterocycles. The van der Waals surface area contributed by atoms with Gasteiger partial charge in [0, 0.05) is 11.8 Å². The number of nitrogens with one attached hydrogen (secondary N) is 3. The molecule has 1 aromatic rings. The van der Waals surface area contributed by atoms with Crippen LogP contribution in [0.2, 0.25) is 0 Å². The molecule has 0 aliphatic carbocycles. The smallest absolute Gasteiger partial charge is 0.251 e. The van der Waals surface area contributed by atoms with Gasteiger partial charge in [-0.15, -0.1) is 0 Å². The van der Waals surface area contributed by atoms with E-state index in [9.17, 15) is 13.6 Å². The van der Waals surface area contributed by atoms with Gasteiger partial charge in [-0.25, -0.2) is 14.3 Å². The number of allylic oxidation sites excluding steroid dienone is 3. The number of hydrogen-bond acceptors (Lipinski definition) is 5. The summed E-state index contributed by atoms with van der Waals surface area (Å²) in [6.45, 7) is -0.0713. The first-order valence-electron chi connectivity index (χ1n) is 6.58. The molecular weight excluding hydrogens is 306 g/mol. The molecule has 0 saturated heterocycles. The molecule has 0 saturated carbocycles. The van der Waals surface area contributed by atoms with Gasteiger partial charge in [0.1, 0.15) is 5.70 Å². The van der Waals surface area contributed by atoms with Gasteiger partial charge < -0.3 is 15.4 Å². The van der Waals surface area contributed by atoms with Crippen molar-refractivity contribution in [1.29, 1.82) is 5.53 Å². The molecule has 1 amide bonds. The Labute approximate surface area is 131 Å². The molecule has 3 N–H and O–H groups in total. The van der Waals surface area contributed by atoms with E-state index in [1.54, 1.807) is 24.4 Å². The van der Waals surface area contributed by atoms with Crippen LogP contribution in [0.5, 0.6) is 5.75 Å². The summed E-state index contributed by atoms with van der Waals surface area (Å²) in [6.07, 6.45) is 6.84. The highest BCUT2D eigenvalue weighted by Crippen LogP contribution is 2.22. The van der Waals surface area contributed by atoms with Crippen LogP contribution in [-0.4, -0.2) is 19.6 Å². The van der Waals surface area contributed by atoms with Crippen molar-refractivity contribution < 1.29 is 18.3 Å². The van der Waals surface area contributed by atoms with E-state index in [4.69, 9.17) is 5.53 Å². The minimum Gasteiger partial charge on any atom is -0.491 e. The maximum absolute atomic E-state index is 13.6. The molecular formula is C15H14F2N4O2. The number of dihydropyridines is 1. The Bertz CT molecular complexity index is 703. The Morgan fingerprint density at radius 1 is 1.35 bits per heavy atom. The number of amides is 1. The van der Waals surface area contributed by atoms with Crippen molar-refractivity contribution in [2.24, 2.45) is 5.11 Å². The van der Waals surface area contributed by atoms with Crippen LogP contribution in [0.1, 0.15) is 10.4 Å². The lowest BCUT2D eigenvalue weighted by Crippen LogP contribution is -2.27. The second kappa shape index (κ2) is 7.30. The minimum absolute atomic E-state index is 0.0713. The molecule has 0 atom stereocenters. The Morgan fingerprint density at radius 3 is 2.57 bits per heavy atom. The van der Waals surface area contributed by atoms with Crippen molar-refractivity contribution in [3.05, 3.63) is 65.2 Å². The lowest BCUT2D eigenvalue weighted by Gasteiger charge is -2.11. The van der Waals surface area contributed by atoms with Crippen molar-refractivity contribution in [2.75, 3.05) is 13.7 Å². The van der Waals surface area contributed by atoms with Crippen molar-refractivity contribution in [1.82, 2.24) is 10.6 Å². The molecule has 23 heavy (non-hydrogen) atoms. The third kappa shape index (κ3) is 3.79. The largest absolute Gasteiger partial charge is 0.491 e. The van der Waals surface area contributed by atoms with Gasteiger partial charge in [0.05, 0.1) is 19.4 Å². The third-order valence-corrected chi connectivity index (χ3v) is 3.04. The number of nitrogens with zero attached hydrogens (tertiary/aromatic N) is 1. The number of halogens is 2. The highest BCUT2D eigenvalue weighted by atomic mass is 19.1. The van der Waals surface area contributed by atoms with Crippen LogP contribution in [0, 0.1) is 17.2 Å². The first-order valence-corrected chi connectivity index (χ1v) is 6.58. The Kier molecular flexibility index (Phi) is 5.19. The Hall–Kier alpha value is -3.03. The number of benzene rings is 1. The zero-order valence-electron chi connectivity index (χ0n) is 12.2. The highest BCUT2D eigenvalue weighted by Gasteiger charge is 2.16. The molecule has 1 heterocycles. The van der Waals surface area contributed by atoms with Gasteiger partial charge in [-0.05, 0) is 24.3 Å². The molecule has 8 heteroatoms. The predicted molar refractivity (Wildman–Crippen MR) is 78.8 cm³/mol. The average Bonchev–Trinajstić information content (AvgIpc) is 2.56. The van der Waals surface area contributed by atoms with Crippen LogP contribution >= 0.6 is 0 Å². The second-order valence-corrected chi connectivity index (χ2v) is 4.49. The molecule has 0 radical (unpaired) electrons. The summed E-state index contributed by atoms with van der Waals surface area (Å²) >= 11 is 0. The molecule has 1 aromatic carbocycles. The maximum atomic E-state index is 13.6. The highest BCUT2D eigenvalue weighted by molar-refractivity contribution is 5.94. The van der Waals surface area contributed by atoms with Crippen molar-refractivity contribution in [2.45, 2.75) is 0 Å². The third-order valence-electron chi connectivity index (χ3n) is 3.04. The van der Waals surface area contributed by atoms with Crippen molar-refractivity contribution >= 4 is 5.91 Å². The van der Waals surface area contributed by atoms with Crippen molar-refractivity contribution in [3.63, 3.8) is 0 Å². The number of hydrogen-bond donors (Lipinski definition) is 3. The molecule has 0 unspecified atom stereocenters. The standard InChI is InChI=1S/C15H14F2N4O2/c1-23-14-10(16)6-9(7-11(14)17)15(22)20-8-13(21-18)12-4-2-3-5-19-12/h2-7,18-19H,8H2,1H3,(H,20,22)/b13-12-,21-18?. The van der Waals surface area contributed by atoms with E-state index in [0.717, 1.165) is 19.2 Å². The number of rotatable bonds is 5. The summed E-state index contributed by atoms with van der Waals surface area (Å²) in [5.41, 5.74) is 7.78. The van der Waals surface area contributed by atoms with E-state index in [1.165, 1.54) is 0 Å². The summed E-state index contributed by atoms with van der Waals surface area (Å²) in [6, 6.07) is 1.76. The fourth-order valence-corrected chi connectivity index (χ4v) is 1.92. The topological polar surface area (TPSA) is 86.6 Å². The van der Waals surface area contributed by atoms with E-state index in [-0.39, 0.29) is 17.8 Å². The van der Waals surface area contributed by atoms with E-state index in [1.807, 2.05) is 0 Å². The molecule has 6 nitrogen and oxygen atoms in total. The van der Waals surface area contributed by atoms with Crippen LogP contribution in [-0.2, 0) is 0 Å². The van der Waals surface area contributed by atoms with Gasteiger partial charge in [0.2, 0.25) is 0 Å². The van der Waals surface area contributed by atoms with Crippen LogP contribution in [0.3, 0.4) is 0 Å². The second-order valence-electron chi connectivity index (χ2n) is 4.49. The zero-order valence-corrected chi connectivity index (χ0v) is 12.2. The normalized spacial score (nSPS) is 14.9. The minimum atomic E-state index is -0.969. The lowest BCUT2D eigenvalue weighted by atomic mass is 10.2. The SMILES string of the molecule is COc1c(F)cc(C(=O)NC/C(N=N)=C2\C=CC=CN2)cc1F. The average molecular weight is 320 g/mol. The van der Waals surface area contributed by atoms with E-state index in [2.05, 4.69) is 20.5 Å². The summed E-state index contributed by atoms with van der Waals surface area (Å²) in [7, 11) is 1.13. The lowest BCUT2D eigenvalue weighted by molar-refractivity contribution is 0.0955. The van der Waals surface area contributed by atoms with Gasteiger partial charge >= 0.3 is 0 Å². The predicted octanol–water partition coefficient (Wildman–Crippen LogP) is 2.62. The molecule has 2 rings (SSSR count). The summed E-state index contributed by atoms with van der Waals surface area (Å²) < 4.78 is 31.7. The molecule has 1 aliphatic rings. The van der Waals surface area contributed by atoms with Gasteiger partial charge in [0.15, 0.2) is 17.4 Å². The van der Waals surface area contributed by atoms with E-state index in [0.29, 0.717) is 5.70 Å².